The zero-order valence-electron chi connectivity index (χ0n) is 13.0. The largest absolute Gasteiger partial charge is 0.306 e. The molecule has 1 aliphatic heterocycles. The van der Waals surface area contributed by atoms with Gasteiger partial charge in [0.2, 0.25) is 0 Å². The topological polar surface area (TPSA) is 46.9 Å². The molecule has 0 spiro atoms. The first kappa shape index (κ1) is 16.5. The van der Waals surface area contributed by atoms with E-state index in [0.29, 0.717) is 21.4 Å². The Balaban J connectivity index is 1.73. The fraction of sp³-hybridized carbons (Fsp3) is 0.111. The van der Waals surface area contributed by atoms with Crippen molar-refractivity contribution in [3.05, 3.63) is 75.4 Å². The molecule has 1 aliphatic rings. The number of aromatic nitrogens is 2. The van der Waals surface area contributed by atoms with Crippen LogP contribution in [0.5, 0.6) is 0 Å². The molecule has 1 amide bonds. The van der Waals surface area contributed by atoms with Crippen molar-refractivity contribution < 1.29 is 4.79 Å². The van der Waals surface area contributed by atoms with Gasteiger partial charge < -0.3 is 5.32 Å². The van der Waals surface area contributed by atoms with Crippen LogP contribution < -0.4 is 5.32 Å². The predicted molar refractivity (Wildman–Crippen MR) is 103 cm³/mol. The summed E-state index contributed by atoms with van der Waals surface area (Å²) < 4.78 is 1.75. The van der Waals surface area contributed by atoms with Crippen LogP contribution in [0.3, 0.4) is 0 Å². The summed E-state index contributed by atoms with van der Waals surface area (Å²) >= 11 is 13.8. The lowest BCUT2D eigenvalue weighted by atomic mass is 10.2. The van der Waals surface area contributed by atoms with Gasteiger partial charge in [-0.25, -0.2) is 4.68 Å². The summed E-state index contributed by atoms with van der Waals surface area (Å²) in [5.74, 6) is 2.17. The fourth-order valence-electron chi connectivity index (χ4n) is 2.72. The standard InChI is InChI=1S/C18H13Cl2N3OS/c19-12-6-4-11(5-7-12)18(24)21-17-15-9-25-10-16(15)22-23(17)14-3-1-2-13(20)8-14/h1-8H,9-10H2,(H,21,24). The molecule has 3 aromatic rings. The Morgan fingerprint density at radius 3 is 2.64 bits per heavy atom. The molecule has 0 saturated carbocycles. The van der Waals surface area contributed by atoms with Crippen molar-refractivity contribution in [2.24, 2.45) is 0 Å². The third kappa shape index (κ3) is 3.27. The molecule has 0 unspecified atom stereocenters. The molecule has 2 aromatic carbocycles. The molecule has 0 radical (unpaired) electrons. The number of carbonyl (C=O) groups is 1. The molecule has 4 nitrogen and oxygen atoms in total. The molecule has 126 valence electrons. The minimum absolute atomic E-state index is 0.195. The van der Waals surface area contributed by atoms with Crippen LogP contribution in [0.2, 0.25) is 10.0 Å². The Hall–Kier alpha value is -1.95. The van der Waals surface area contributed by atoms with Gasteiger partial charge in [0.15, 0.2) is 0 Å². The number of fused-ring (bicyclic) bond motifs is 1. The number of carbonyl (C=O) groups excluding carboxylic acids is 1. The summed E-state index contributed by atoms with van der Waals surface area (Å²) in [6.07, 6.45) is 0. The molecule has 0 saturated heterocycles. The molecule has 0 bridgehead atoms. The highest BCUT2D eigenvalue weighted by Gasteiger charge is 2.25. The van der Waals surface area contributed by atoms with E-state index in [1.54, 1.807) is 40.7 Å². The van der Waals surface area contributed by atoms with Gasteiger partial charge in [-0.1, -0.05) is 29.3 Å². The molecule has 1 aromatic heterocycles. The van der Waals surface area contributed by atoms with Crippen LogP contribution in [0, 0.1) is 0 Å². The smallest absolute Gasteiger partial charge is 0.256 e. The summed E-state index contributed by atoms with van der Waals surface area (Å²) in [6.45, 7) is 0. The second-order valence-corrected chi connectivity index (χ2v) is 7.48. The maximum absolute atomic E-state index is 12.6. The lowest BCUT2D eigenvalue weighted by Gasteiger charge is -2.11. The lowest BCUT2D eigenvalue weighted by molar-refractivity contribution is 0.102. The molecular formula is C18H13Cl2N3OS. The first-order chi connectivity index (χ1) is 12.1. The van der Waals surface area contributed by atoms with E-state index in [2.05, 4.69) is 10.4 Å². The molecule has 1 N–H and O–H groups in total. The number of halogens is 2. The Kier molecular flexibility index (Phi) is 4.46. The third-order valence-electron chi connectivity index (χ3n) is 3.94. The van der Waals surface area contributed by atoms with Crippen molar-refractivity contribution in [1.29, 1.82) is 0 Å². The van der Waals surface area contributed by atoms with E-state index in [1.165, 1.54) is 0 Å². The van der Waals surface area contributed by atoms with Gasteiger partial charge in [0.25, 0.3) is 5.91 Å². The summed E-state index contributed by atoms with van der Waals surface area (Å²) in [4.78, 5) is 12.6. The van der Waals surface area contributed by atoms with Crippen molar-refractivity contribution in [2.45, 2.75) is 11.5 Å². The van der Waals surface area contributed by atoms with Gasteiger partial charge in [-0.05, 0) is 42.5 Å². The normalized spacial score (nSPS) is 12.9. The van der Waals surface area contributed by atoms with Crippen LogP contribution in [-0.4, -0.2) is 15.7 Å². The molecule has 0 atom stereocenters. The van der Waals surface area contributed by atoms with Crippen LogP contribution in [0.25, 0.3) is 5.69 Å². The van der Waals surface area contributed by atoms with E-state index in [9.17, 15) is 4.79 Å². The summed E-state index contributed by atoms with van der Waals surface area (Å²) in [7, 11) is 0. The minimum atomic E-state index is -0.195. The first-order valence-corrected chi connectivity index (χ1v) is 9.54. The van der Waals surface area contributed by atoms with Crippen LogP contribution >= 0.6 is 35.0 Å². The van der Waals surface area contributed by atoms with Gasteiger partial charge in [0.05, 0.1) is 11.4 Å². The van der Waals surface area contributed by atoms with Gasteiger partial charge in [0.1, 0.15) is 5.82 Å². The Labute approximate surface area is 159 Å². The van der Waals surface area contributed by atoms with Crippen molar-refractivity contribution in [3.63, 3.8) is 0 Å². The van der Waals surface area contributed by atoms with Gasteiger partial charge in [-0.2, -0.15) is 16.9 Å². The number of benzene rings is 2. The van der Waals surface area contributed by atoms with E-state index in [0.717, 1.165) is 28.5 Å². The van der Waals surface area contributed by atoms with Crippen molar-refractivity contribution in [1.82, 2.24) is 9.78 Å². The molecule has 0 fully saturated rings. The molecule has 2 heterocycles. The molecule has 4 rings (SSSR count). The number of anilines is 1. The molecule has 7 heteroatoms. The lowest BCUT2D eigenvalue weighted by Crippen LogP contribution is -2.16. The number of rotatable bonds is 3. The maximum Gasteiger partial charge on any atom is 0.256 e. The van der Waals surface area contributed by atoms with E-state index in [-0.39, 0.29) is 5.91 Å². The molecule has 25 heavy (non-hydrogen) atoms. The average Bonchev–Trinajstić information content (AvgIpc) is 3.18. The van der Waals surface area contributed by atoms with E-state index in [1.807, 2.05) is 24.3 Å². The molecule has 0 aliphatic carbocycles. The number of hydrogen-bond donors (Lipinski definition) is 1. The van der Waals surface area contributed by atoms with E-state index >= 15 is 0 Å². The van der Waals surface area contributed by atoms with Gasteiger partial charge in [-0.15, -0.1) is 0 Å². The Morgan fingerprint density at radius 2 is 1.88 bits per heavy atom. The number of thioether (sulfide) groups is 1. The number of nitrogens with one attached hydrogen (secondary N) is 1. The second kappa shape index (κ2) is 6.75. The minimum Gasteiger partial charge on any atom is -0.306 e. The Morgan fingerprint density at radius 1 is 1.08 bits per heavy atom. The quantitative estimate of drug-likeness (QED) is 0.671. The monoisotopic (exact) mass is 389 g/mol. The number of amides is 1. The first-order valence-electron chi connectivity index (χ1n) is 7.63. The summed E-state index contributed by atoms with van der Waals surface area (Å²) in [5, 5.41) is 8.89. The summed E-state index contributed by atoms with van der Waals surface area (Å²) in [5.41, 5.74) is 3.42. The third-order valence-corrected chi connectivity index (χ3v) is 5.40. The number of nitrogens with zero attached hydrogens (tertiary/aromatic N) is 2. The van der Waals surface area contributed by atoms with Crippen LogP contribution in [-0.2, 0) is 11.5 Å². The zero-order chi connectivity index (χ0) is 17.4. The zero-order valence-corrected chi connectivity index (χ0v) is 15.3. The maximum atomic E-state index is 12.6. The van der Waals surface area contributed by atoms with Crippen molar-refractivity contribution in [2.75, 3.05) is 5.32 Å². The van der Waals surface area contributed by atoms with Crippen LogP contribution in [0.1, 0.15) is 21.6 Å². The number of hydrogen-bond acceptors (Lipinski definition) is 3. The van der Waals surface area contributed by atoms with Gasteiger partial charge in [0, 0.05) is 32.7 Å². The van der Waals surface area contributed by atoms with Crippen LogP contribution in [0.15, 0.2) is 48.5 Å². The average molecular weight is 390 g/mol. The highest BCUT2D eigenvalue weighted by Crippen LogP contribution is 2.36. The van der Waals surface area contributed by atoms with Gasteiger partial charge >= 0.3 is 0 Å². The fourth-order valence-corrected chi connectivity index (χ4v) is 4.06. The van der Waals surface area contributed by atoms with E-state index < -0.39 is 0 Å². The Bertz CT molecular complexity index is 953. The summed E-state index contributed by atoms with van der Waals surface area (Å²) in [6, 6.07) is 14.2. The highest BCUT2D eigenvalue weighted by atomic mass is 35.5. The SMILES string of the molecule is O=C(Nc1c2c(nn1-c1cccc(Cl)c1)CSC2)c1ccc(Cl)cc1. The van der Waals surface area contributed by atoms with Crippen LogP contribution in [0.4, 0.5) is 5.82 Å². The second-order valence-electron chi connectivity index (χ2n) is 5.62. The highest BCUT2D eigenvalue weighted by molar-refractivity contribution is 7.98. The van der Waals surface area contributed by atoms with E-state index in [4.69, 9.17) is 23.2 Å². The van der Waals surface area contributed by atoms with Crippen molar-refractivity contribution in [3.8, 4) is 5.69 Å². The van der Waals surface area contributed by atoms with Gasteiger partial charge in [-0.3, -0.25) is 4.79 Å². The molecular weight excluding hydrogens is 377 g/mol. The predicted octanol–water partition coefficient (Wildman–Crippen LogP) is 5.18. The van der Waals surface area contributed by atoms with Crippen molar-refractivity contribution >= 4 is 46.7 Å².